The molecule has 7 heteroatoms. The number of carbonyl (C=O) groups is 1. The molecule has 2 fully saturated rings. The lowest BCUT2D eigenvalue weighted by atomic mass is 10.1. The molecule has 1 aromatic rings. The van der Waals surface area contributed by atoms with Crippen molar-refractivity contribution in [1.82, 2.24) is 20.1 Å². The third-order valence-electron chi connectivity index (χ3n) is 4.43. The number of nitrogens with one attached hydrogen (secondary N) is 1. The van der Waals surface area contributed by atoms with E-state index in [9.17, 15) is 4.79 Å². The van der Waals surface area contributed by atoms with Gasteiger partial charge in [-0.05, 0) is 19.8 Å². The van der Waals surface area contributed by atoms with Crippen LogP contribution in [-0.2, 0) is 11.3 Å². The summed E-state index contributed by atoms with van der Waals surface area (Å²) in [6.07, 6.45) is 2.04. The summed E-state index contributed by atoms with van der Waals surface area (Å²) in [6.45, 7) is 7.84. The van der Waals surface area contributed by atoms with Crippen molar-refractivity contribution >= 4 is 17.4 Å². The maximum atomic E-state index is 12.2. The minimum Gasteiger partial charge on any atom is -0.378 e. The van der Waals surface area contributed by atoms with Gasteiger partial charge in [0.05, 0.1) is 24.4 Å². The van der Waals surface area contributed by atoms with Crippen LogP contribution < -0.4 is 5.32 Å². The average molecular weight is 324 g/mol. The van der Waals surface area contributed by atoms with E-state index in [1.807, 2.05) is 10.4 Å². The zero-order valence-electron chi connectivity index (χ0n) is 13.1. The maximum Gasteiger partial charge on any atom is 0.317 e. The van der Waals surface area contributed by atoms with Gasteiger partial charge in [0.2, 0.25) is 0 Å². The molecule has 2 saturated heterocycles. The Bertz CT molecular complexity index is 493. The number of rotatable bonds is 3. The molecule has 1 aromatic heterocycles. The fourth-order valence-electron chi connectivity index (χ4n) is 2.95. The van der Waals surface area contributed by atoms with Crippen LogP contribution in [0, 0.1) is 6.92 Å². The minimum absolute atomic E-state index is 0.0695. The number of urea groups is 1. The number of morpholine rings is 1. The monoisotopic (exact) mass is 324 g/mol. The second-order valence-corrected chi connectivity index (χ2v) is 6.90. The van der Waals surface area contributed by atoms with Gasteiger partial charge in [-0.2, -0.15) is 0 Å². The lowest BCUT2D eigenvalue weighted by Gasteiger charge is -2.34. The van der Waals surface area contributed by atoms with Gasteiger partial charge in [-0.25, -0.2) is 9.78 Å². The average Bonchev–Trinajstić information content (AvgIpc) is 2.95. The van der Waals surface area contributed by atoms with Crippen molar-refractivity contribution in [2.75, 3.05) is 39.4 Å². The van der Waals surface area contributed by atoms with Gasteiger partial charge in [-0.15, -0.1) is 11.3 Å². The lowest BCUT2D eigenvalue weighted by Crippen LogP contribution is -2.51. The smallest absolute Gasteiger partial charge is 0.317 e. The highest BCUT2D eigenvalue weighted by Crippen LogP contribution is 2.18. The summed E-state index contributed by atoms with van der Waals surface area (Å²) < 4.78 is 5.28. The minimum atomic E-state index is 0.0695. The van der Waals surface area contributed by atoms with Crippen molar-refractivity contribution in [1.29, 1.82) is 0 Å². The molecule has 0 spiro atoms. The zero-order chi connectivity index (χ0) is 15.4. The first-order valence-electron chi connectivity index (χ1n) is 7.97. The molecule has 0 radical (unpaired) electrons. The molecule has 2 aliphatic rings. The zero-order valence-corrected chi connectivity index (χ0v) is 13.9. The van der Waals surface area contributed by atoms with Crippen LogP contribution in [0.3, 0.4) is 0 Å². The molecule has 6 nitrogen and oxygen atoms in total. The highest BCUT2D eigenvalue weighted by molar-refractivity contribution is 7.09. The number of ether oxygens (including phenoxy) is 1. The molecule has 0 aliphatic carbocycles. The Hall–Kier alpha value is -1.18. The molecule has 22 heavy (non-hydrogen) atoms. The van der Waals surface area contributed by atoms with Crippen LogP contribution >= 0.6 is 11.3 Å². The summed E-state index contributed by atoms with van der Waals surface area (Å²) >= 11 is 1.73. The number of nitrogens with zero attached hydrogens (tertiary/aromatic N) is 3. The van der Waals surface area contributed by atoms with E-state index in [-0.39, 0.29) is 6.03 Å². The van der Waals surface area contributed by atoms with Crippen molar-refractivity contribution in [3.8, 4) is 0 Å². The third kappa shape index (κ3) is 3.97. The molecule has 0 unspecified atom stereocenters. The number of thiazole rings is 1. The van der Waals surface area contributed by atoms with Crippen LogP contribution in [0.2, 0.25) is 0 Å². The molecule has 3 heterocycles. The van der Waals surface area contributed by atoms with E-state index in [2.05, 4.69) is 22.1 Å². The standard InChI is InChI=1S/C15H24N4O2S/c1-12-14(22-11-16-12)10-18-4-2-13(3-5-18)17-15(20)19-6-8-21-9-7-19/h11,13H,2-10H2,1H3,(H,17,20). The van der Waals surface area contributed by atoms with E-state index in [1.165, 1.54) is 4.88 Å². The lowest BCUT2D eigenvalue weighted by molar-refractivity contribution is 0.0516. The van der Waals surface area contributed by atoms with Gasteiger partial charge >= 0.3 is 6.03 Å². The fourth-order valence-corrected chi connectivity index (χ4v) is 3.77. The van der Waals surface area contributed by atoms with Gasteiger partial charge in [0.15, 0.2) is 0 Å². The summed E-state index contributed by atoms with van der Waals surface area (Å²) in [5.74, 6) is 0. The summed E-state index contributed by atoms with van der Waals surface area (Å²) in [5, 5.41) is 3.17. The summed E-state index contributed by atoms with van der Waals surface area (Å²) in [4.78, 5) is 22.2. The molecule has 0 saturated carbocycles. The summed E-state index contributed by atoms with van der Waals surface area (Å²) in [5.41, 5.74) is 3.06. The number of aryl methyl sites for hydroxylation is 1. The first kappa shape index (κ1) is 15.7. The quantitative estimate of drug-likeness (QED) is 0.914. The van der Waals surface area contributed by atoms with Gasteiger partial charge in [-0.1, -0.05) is 0 Å². The summed E-state index contributed by atoms with van der Waals surface area (Å²) in [6, 6.07) is 0.370. The van der Waals surface area contributed by atoms with Crippen LogP contribution in [0.25, 0.3) is 0 Å². The van der Waals surface area contributed by atoms with Gasteiger partial charge in [0, 0.05) is 43.6 Å². The highest BCUT2D eigenvalue weighted by Gasteiger charge is 2.24. The highest BCUT2D eigenvalue weighted by atomic mass is 32.1. The van der Waals surface area contributed by atoms with E-state index in [0.29, 0.717) is 32.3 Å². The second kappa shape index (κ2) is 7.39. The predicted molar refractivity (Wildman–Crippen MR) is 86.1 cm³/mol. The van der Waals surface area contributed by atoms with Crippen LogP contribution in [0.15, 0.2) is 5.51 Å². The van der Waals surface area contributed by atoms with Crippen molar-refractivity contribution in [2.24, 2.45) is 0 Å². The normalized spacial score (nSPS) is 21.0. The molecule has 0 bridgehead atoms. The molecule has 1 N–H and O–H groups in total. The number of likely N-dealkylation sites (tertiary alicyclic amines) is 1. The summed E-state index contributed by atoms with van der Waals surface area (Å²) in [7, 11) is 0. The number of piperidine rings is 1. The Morgan fingerprint density at radius 2 is 2.09 bits per heavy atom. The predicted octanol–water partition coefficient (Wildman–Crippen LogP) is 1.46. The first-order chi connectivity index (χ1) is 10.7. The third-order valence-corrected chi connectivity index (χ3v) is 5.35. The number of carbonyl (C=O) groups excluding carboxylic acids is 1. The molecule has 122 valence electrons. The molecule has 0 atom stereocenters. The van der Waals surface area contributed by atoms with E-state index in [0.717, 1.165) is 38.2 Å². The number of aromatic nitrogens is 1. The topological polar surface area (TPSA) is 57.7 Å². The number of amides is 2. The molecular weight excluding hydrogens is 300 g/mol. The van der Waals surface area contributed by atoms with E-state index in [4.69, 9.17) is 4.74 Å². The maximum absolute atomic E-state index is 12.2. The number of hydrogen-bond donors (Lipinski definition) is 1. The van der Waals surface area contributed by atoms with Gasteiger partial charge < -0.3 is 15.0 Å². The Morgan fingerprint density at radius 3 is 2.73 bits per heavy atom. The van der Waals surface area contributed by atoms with Crippen LogP contribution in [0.1, 0.15) is 23.4 Å². The van der Waals surface area contributed by atoms with E-state index in [1.54, 1.807) is 11.3 Å². The van der Waals surface area contributed by atoms with Crippen LogP contribution in [-0.4, -0.2) is 66.2 Å². The first-order valence-corrected chi connectivity index (χ1v) is 8.85. The number of hydrogen-bond acceptors (Lipinski definition) is 5. The molecule has 2 amide bonds. The van der Waals surface area contributed by atoms with Gasteiger partial charge in [-0.3, -0.25) is 4.90 Å². The molecule has 3 rings (SSSR count). The van der Waals surface area contributed by atoms with Crippen LogP contribution in [0.4, 0.5) is 4.79 Å². The Labute approximate surface area is 135 Å². The fraction of sp³-hybridized carbons (Fsp3) is 0.733. The Balaban J connectivity index is 1.41. The SMILES string of the molecule is Cc1ncsc1CN1CCC(NC(=O)N2CCOCC2)CC1. The largest absolute Gasteiger partial charge is 0.378 e. The van der Waals surface area contributed by atoms with E-state index < -0.39 is 0 Å². The van der Waals surface area contributed by atoms with Gasteiger partial charge in [0.25, 0.3) is 0 Å². The second-order valence-electron chi connectivity index (χ2n) is 5.96. The van der Waals surface area contributed by atoms with Crippen molar-refractivity contribution in [2.45, 2.75) is 32.4 Å². The molecule has 2 aliphatic heterocycles. The van der Waals surface area contributed by atoms with Crippen LogP contribution in [0.5, 0.6) is 0 Å². The Kier molecular flexibility index (Phi) is 5.28. The molecule has 0 aromatic carbocycles. The Morgan fingerprint density at radius 1 is 1.36 bits per heavy atom. The van der Waals surface area contributed by atoms with Crippen molar-refractivity contribution in [3.63, 3.8) is 0 Å². The van der Waals surface area contributed by atoms with Crippen molar-refractivity contribution < 1.29 is 9.53 Å². The molecular formula is C15H24N4O2S. The van der Waals surface area contributed by atoms with Gasteiger partial charge in [0.1, 0.15) is 0 Å². The van der Waals surface area contributed by atoms with E-state index >= 15 is 0 Å². The van der Waals surface area contributed by atoms with Crippen molar-refractivity contribution in [3.05, 3.63) is 16.1 Å².